The van der Waals surface area contributed by atoms with E-state index in [1.807, 2.05) is 19.2 Å². The lowest BCUT2D eigenvalue weighted by Gasteiger charge is -2.36. The molecule has 204 valence electrons. The third kappa shape index (κ3) is 5.13. The van der Waals surface area contributed by atoms with Gasteiger partial charge in [-0.05, 0) is 74.8 Å². The molecule has 1 unspecified atom stereocenters. The number of fused-ring (bicyclic) bond motifs is 1. The lowest BCUT2D eigenvalue weighted by atomic mass is 9.90. The molecule has 1 saturated heterocycles. The van der Waals surface area contributed by atoms with Crippen LogP contribution in [-0.4, -0.2) is 62.4 Å². The van der Waals surface area contributed by atoms with Crippen molar-refractivity contribution in [2.45, 2.75) is 70.9 Å². The van der Waals surface area contributed by atoms with Crippen LogP contribution in [0.15, 0.2) is 35.4 Å². The zero-order chi connectivity index (χ0) is 26.9. The van der Waals surface area contributed by atoms with Crippen LogP contribution in [0.5, 0.6) is 0 Å². The van der Waals surface area contributed by atoms with Crippen molar-refractivity contribution in [2.24, 2.45) is 0 Å². The fourth-order valence-electron chi connectivity index (χ4n) is 6.54. The van der Waals surface area contributed by atoms with E-state index in [1.54, 1.807) is 10.8 Å². The van der Waals surface area contributed by atoms with E-state index in [0.29, 0.717) is 29.0 Å². The molecule has 1 atom stereocenters. The predicted octanol–water partition coefficient (Wildman–Crippen LogP) is 4.40. The Bertz CT molecular complexity index is 1470. The number of anilines is 2. The fraction of sp³-hybridized carbons (Fsp3) is 0.500. The molecule has 0 bridgehead atoms. The second-order valence-corrected chi connectivity index (χ2v) is 11.1. The van der Waals surface area contributed by atoms with Crippen molar-refractivity contribution in [1.82, 2.24) is 29.7 Å². The van der Waals surface area contributed by atoms with Crippen LogP contribution in [0, 0.1) is 6.92 Å². The number of rotatable bonds is 6. The molecule has 3 aliphatic rings. The Morgan fingerprint density at radius 3 is 2.51 bits per heavy atom. The summed E-state index contributed by atoms with van der Waals surface area (Å²) in [6.45, 7) is 7.71. The molecule has 0 spiro atoms. The number of carbonyl (C=O) groups excluding carboxylic acids is 1. The Morgan fingerprint density at radius 2 is 1.85 bits per heavy atom. The minimum atomic E-state index is -0.244. The third-order valence-corrected chi connectivity index (χ3v) is 8.68. The number of hydrogen-bond acceptors (Lipinski definition) is 8. The van der Waals surface area contributed by atoms with E-state index < -0.39 is 0 Å². The Morgan fingerprint density at radius 1 is 1.05 bits per heavy atom. The number of ketones is 1. The largest absolute Gasteiger partial charge is 0.314 e. The van der Waals surface area contributed by atoms with Crippen LogP contribution in [0.3, 0.4) is 0 Å². The Kier molecular flexibility index (Phi) is 7.27. The topological polar surface area (TPSA) is 105 Å². The zero-order valence-electron chi connectivity index (χ0n) is 22.9. The van der Waals surface area contributed by atoms with Gasteiger partial charge in [0.15, 0.2) is 5.78 Å². The smallest absolute Gasteiger partial charge is 0.263 e. The average molecular weight is 528 g/mol. The number of Topliss-reactive ketones (excluding diaryl/α,β-unsaturated/α-hetero) is 1. The molecule has 6 rings (SSSR count). The Labute approximate surface area is 228 Å². The van der Waals surface area contributed by atoms with E-state index in [4.69, 9.17) is 4.98 Å². The quantitative estimate of drug-likeness (QED) is 0.455. The van der Waals surface area contributed by atoms with E-state index in [-0.39, 0.29) is 22.9 Å². The number of nitrogens with zero attached hydrogens (tertiary/aromatic N) is 5. The molecule has 9 heteroatoms. The molecule has 39 heavy (non-hydrogen) atoms. The minimum Gasteiger partial charge on any atom is -0.314 e. The summed E-state index contributed by atoms with van der Waals surface area (Å²) >= 11 is 0. The first kappa shape index (κ1) is 25.8. The van der Waals surface area contributed by atoms with Crippen molar-refractivity contribution in [3.63, 3.8) is 0 Å². The first-order chi connectivity index (χ1) is 19.0. The van der Waals surface area contributed by atoms with Gasteiger partial charge in [0.2, 0.25) is 5.95 Å². The minimum absolute atomic E-state index is 0.0498. The molecule has 9 nitrogen and oxygen atoms in total. The maximum Gasteiger partial charge on any atom is 0.263 e. The van der Waals surface area contributed by atoms with Crippen LogP contribution < -0.4 is 16.2 Å². The summed E-state index contributed by atoms with van der Waals surface area (Å²) in [6, 6.07) is 4.76. The highest BCUT2D eigenvalue weighted by Gasteiger charge is 2.26. The molecular weight excluding hydrogens is 490 g/mol. The molecule has 2 N–H and O–H groups in total. The lowest BCUT2D eigenvalue weighted by Crippen LogP contribution is -2.48. The first-order valence-electron chi connectivity index (χ1n) is 14.3. The van der Waals surface area contributed by atoms with Crippen LogP contribution in [0.25, 0.3) is 16.6 Å². The fourth-order valence-corrected chi connectivity index (χ4v) is 6.54. The van der Waals surface area contributed by atoms with Gasteiger partial charge in [-0.2, -0.15) is 4.98 Å². The van der Waals surface area contributed by atoms with Crippen LogP contribution in [0.4, 0.5) is 11.8 Å². The van der Waals surface area contributed by atoms with E-state index >= 15 is 0 Å². The predicted molar refractivity (Wildman–Crippen MR) is 154 cm³/mol. The number of piperazine rings is 1. The summed E-state index contributed by atoms with van der Waals surface area (Å²) in [5.74, 6) is 0.824. The molecule has 4 heterocycles. The molecule has 0 aromatic carbocycles. The van der Waals surface area contributed by atoms with Crippen LogP contribution in [0.2, 0.25) is 0 Å². The summed E-state index contributed by atoms with van der Waals surface area (Å²) in [6.07, 6.45) is 13.3. The number of carbonyl (C=O) groups is 1. The molecule has 0 amide bonds. The maximum absolute atomic E-state index is 13.4. The van der Waals surface area contributed by atoms with E-state index in [2.05, 4.69) is 37.6 Å². The Balaban J connectivity index is 1.23. The number of allylic oxidation sites excluding steroid dienone is 1. The van der Waals surface area contributed by atoms with Gasteiger partial charge in [0, 0.05) is 56.0 Å². The average Bonchev–Trinajstić information content (AvgIpc) is 3.48. The van der Waals surface area contributed by atoms with Gasteiger partial charge >= 0.3 is 0 Å². The van der Waals surface area contributed by atoms with Gasteiger partial charge in [0.1, 0.15) is 11.5 Å². The molecule has 0 radical (unpaired) electrons. The standard InChI is InChI=1S/C30H37N7O2/c1-19-25-18-33-30(35-28(25)37(24-5-3-4-6-24)29(39)27(19)20(2)38)34-26-12-9-22(17-32-26)21-7-10-23(11-8-21)36-15-13-31-14-16-36/h7,9,12,17-18,23-24,31H,3-6,8,10-11,13-16H2,1-2H3,(H,32,33,34,35). The van der Waals surface area contributed by atoms with Gasteiger partial charge in [0.05, 0.1) is 5.56 Å². The van der Waals surface area contributed by atoms with Crippen LogP contribution in [0.1, 0.15) is 79.4 Å². The van der Waals surface area contributed by atoms with E-state index in [0.717, 1.165) is 75.7 Å². The number of aryl methyl sites for hydroxylation is 1. The number of aromatic nitrogens is 4. The molecule has 3 aromatic rings. The summed E-state index contributed by atoms with van der Waals surface area (Å²) in [5.41, 5.74) is 3.74. The SMILES string of the molecule is CC(=O)c1c(C)c2cnc(Nc3ccc(C4=CCC(N5CCNCC5)CC4)cn3)nc2n(C2CCCC2)c1=O. The highest BCUT2D eigenvalue weighted by molar-refractivity contribution is 5.99. The van der Waals surface area contributed by atoms with Crippen LogP contribution in [-0.2, 0) is 0 Å². The molecule has 1 aliphatic heterocycles. The third-order valence-electron chi connectivity index (χ3n) is 8.68. The van der Waals surface area contributed by atoms with Crippen molar-refractivity contribution in [3.05, 3.63) is 57.6 Å². The van der Waals surface area contributed by atoms with Gasteiger partial charge in [-0.25, -0.2) is 9.97 Å². The van der Waals surface area contributed by atoms with Crippen molar-refractivity contribution < 1.29 is 4.79 Å². The van der Waals surface area contributed by atoms with Gasteiger partial charge in [0.25, 0.3) is 5.56 Å². The normalized spacial score (nSPS) is 20.8. The number of hydrogen-bond donors (Lipinski definition) is 2. The maximum atomic E-state index is 13.4. The van der Waals surface area contributed by atoms with Gasteiger partial charge in [-0.15, -0.1) is 0 Å². The van der Waals surface area contributed by atoms with Crippen molar-refractivity contribution in [1.29, 1.82) is 0 Å². The monoisotopic (exact) mass is 527 g/mol. The van der Waals surface area contributed by atoms with Crippen molar-refractivity contribution in [3.8, 4) is 0 Å². The van der Waals surface area contributed by atoms with Crippen molar-refractivity contribution in [2.75, 3.05) is 31.5 Å². The number of pyridine rings is 2. The second kappa shape index (κ2) is 11.0. The summed E-state index contributed by atoms with van der Waals surface area (Å²) in [7, 11) is 0. The van der Waals surface area contributed by atoms with E-state index in [1.165, 1.54) is 18.9 Å². The summed E-state index contributed by atoms with van der Waals surface area (Å²) < 4.78 is 1.73. The van der Waals surface area contributed by atoms with E-state index in [9.17, 15) is 9.59 Å². The van der Waals surface area contributed by atoms with Gasteiger partial charge in [-0.3, -0.25) is 19.1 Å². The van der Waals surface area contributed by atoms with Gasteiger partial charge < -0.3 is 10.6 Å². The second-order valence-electron chi connectivity index (χ2n) is 11.1. The molecular formula is C30H37N7O2. The molecule has 2 fully saturated rings. The van der Waals surface area contributed by atoms with Crippen LogP contribution >= 0.6 is 0 Å². The molecule has 1 saturated carbocycles. The Hall–Kier alpha value is -3.43. The molecule has 2 aliphatic carbocycles. The number of nitrogens with one attached hydrogen (secondary N) is 2. The molecule has 3 aromatic heterocycles. The summed E-state index contributed by atoms with van der Waals surface area (Å²) in [5, 5.41) is 7.40. The zero-order valence-corrected chi connectivity index (χ0v) is 22.9. The van der Waals surface area contributed by atoms with Gasteiger partial charge in [-0.1, -0.05) is 18.9 Å². The first-order valence-corrected chi connectivity index (χ1v) is 14.3. The summed E-state index contributed by atoms with van der Waals surface area (Å²) in [4.78, 5) is 42.3. The van der Waals surface area contributed by atoms with Crippen molar-refractivity contribution >= 4 is 34.2 Å². The highest BCUT2D eigenvalue weighted by atomic mass is 16.1. The highest BCUT2D eigenvalue weighted by Crippen LogP contribution is 2.32. The lowest BCUT2D eigenvalue weighted by molar-refractivity contribution is 0.101.